The number of sulfonamides is 1. The number of benzene rings is 1. The fourth-order valence-electron chi connectivity index (χ4n) is 2.09. The third-order valence-electron chi connectivity index (χ3n) is 3.05. The minimum absolute atomic E-state index is 0.0764. The van der Waals surface area contributed by atoms with Gasteiger partial charge in [0.15, 0.2) is 0 Å². The van der Waals surface area contributed by atoms with E-state index in [1.54, 1.807) is 12.1 Å². The van der Waals surface area contributed by atoms with Crippen molar-refractivity contribution in [1.82, 2.24) is 4.72 Å². The lowest BCUT2D eigenvalue weighted by molar-refractivity contribution is 0.530. The molecule has 0 spiro atoms. The Morgan fingerprint density at radius 3 is 2.58 bits per heavy atom. The maximum absolute atomic E-state index is 12.4. The Morgan fingerprint density at radius 2 is 2.05 bits per heavy atom. The second-order valence-corrected chi connectivity index (χ2v) is 8.43. The zero-order valence-electron chi connectivity index (χ0n) is 10.5. The molecule has 3 N–H and O–H groups in total. The van der Waals surface area contributed by atoms with E-state index >= 15 is 0 Å². The molecule has 1 unspecified atom stereocenters. The second kappa shape index (κ2) is 5.71. The highest BCUT2D eigenvalue weighted by atomic mass is 79.9. The van der Waals surface area contributed by atoms with Gasteiger partial charge in [0.2, 0.25) is 10.0 Å². The first kappa shape index (κ1) is 15.3. The molecule has 19 heavy (non-hydrogen) atoms. The van der Waals surface area contributed by atoms with Crippen LogP contribution >= 0.6 is 31.9 Å². The Labute approximate surface area is 130 Å². The average molecular weight is 412 g/mol. The molecule has 106 valence electrons. The van der Waals surface area contributed by atoms with E-state index in [0.717, 1.165) is 10.9 Å². The van der Waals surface area contributed by atoms with Crippen LogP contribution in [0.1, 0.15) is 26.2 Å². The van der Waals surface area contributed by atoms with Crippen LogP contribution < -0.4 is 10.5 Å². The smallest absolute Gasteiger partial charge is 0.243 e. The van der Waals surface area contributed by atoms with E-state index in [0.29, 0.717) is 10.4 Å². The predicted molar refractivity (Wildman–Crippen MR) is 83.4 cm³/mol. The monoisotopic (exact) mass is 410 g/mol. The molecule has 4 nitrogen and oxygen atoms in total. The van der Waals surface area contributed by atoms with E-state index in [-0.39, 0.29) is 16.6 Å². The topological polar surface area (TPSA) is 72.2 Å². The van der Waals surface area contributed by atoms with E-state index in [1.165, 1.54) is 12.8 Å². The Bertz CT molecular complexity index is 562. The quantitative estimate of drug-likeness (QED) is 0.730. The SMILES string of the molecule is CC(CC1CC1)NS(=O)(=O)c1c(N)cc(Br)cc1Br. The van der Waals surface area contributed by atoms with Crippen molar-refractivity contribution in [1.29, 1.82) is 0 Å². The minimum atomic E-state index is -3.60. The summed E-state index contributed by atoms with van der Waals surface area (Å²) in [4.78, 5) is 0.110. The van der Waals surface area contributed by atoms with Crippen molar-refractivity contribution >= 4 is 47.6 Å². The van der Waals surface area contributed by atoms with Crippen molar-refractivity contribution in [2.24, 2.45) is 5.92 Å². The Kier molecular flexibility index (Phi) is 4.59. The van der Waals surface area contributed by atoms with Crippen molar-refractivity contribution in [3.05, 3.63) is 21.1 Å². The number of hydrogen-bond acceptors (Lipinski definition) is 3. The molecule has 2 rings (SSSR count). The lowest BCUT2D eigenvalue weighted by atomic mass is 10.2. The van der Waals surface area contributed by atoms with Gasteiger partial charge in [-0.2, -0.15) is 0 Å². The molecule has 1 saturated carbocycles. The Balaban J connectivity index is 2.23. The lowest BCUT2D eigenvalue weighted by Gasteiger charge is -2.16. The maximum atomic E-state index is 12.4. The summed E-state index contributed by atoms with van der Waals surface area (Å²) in [5, 5.41) is 0. The summed E-state index contributed by atoms with van der Waals surface area (Å²) in [6, 6.07) is 3.19. The van der Waals surface area contributed by atoms with Gasteiger partial charge in [0.1, 0.15) is 4.90 Å². The molecule has 1 aromatic carbocycles. The van der Waals surface area contributed by atoms with Crippen LogP contribution in [0.4, 0.5) is 5.69 Å². The van der Waals surface area contributed by atoms with E-state index in [4.69, 9.17) is 5.73 Å². The molecular weight excluding hydrogens is 396 g/mol. The lowest BCUT2D eigenvalue weighted by Crippen LogP contribution is -2.33. The average Bonchev–Trinajstić information content (AvgIpc) is 2.97. The van der Waals surface area contributed by atoms with Crippen molar-refractivity contribution in [2.45, 2.75) is 37.1 Å². The van der Waals surface area contributed by atoms with Crippen LogP contribution in [0.15, 0.2) is 26.0 Å². The predicted octanol–water partition coefficient (Wildman–Crippen LogP) is 3.26. The van der Waals surface area contributed by atoms with Crippen LogP contribution in [0.5, 0.6) is 0 Å². The molecular formula is C12H16Br2N2O2S. The van der Waals surface area contributed by atoms with E-state index in [9.17, 15) is 8.42 Å². The molecule has 0 saturated heterocycles. The summed E-state index contributed by atoms with van der Waals surface area (Å²) in [7, 11) is -3.60. The number of rotatable bonds is 5. The molecule has 0 aliphatic heterocycles. The Morgan fingerprint density at radius 1 is 1.42 bits per heavy atom. The molecule has 0 bridgehead atoms. The number of nitrogens with two attached hydrogens (primary N) is 1. The minimum Gasteiger partial charge on any atom is -0.398 e. The molecule has 0 amide bonds. The molecule has 1 aliphatic rings. The van der Waals surface area contributed by atoms with Gasteiger partial charge in [-0.05, 0) is 47.3 Å². The van der Waals surface area contributed by atoms with Gasteiger partial charge in [-0.1, -0.05) is 28.8 Å². The number of anilines is 1. The summed E-state index contributed by atoms with van der Waals surface area (Å²) in [6.45, 7) is 1.89. The molecule has 1 aromatic rings. The largest absolute Gasteiger partial charge is 0.398 e. The normalized spacial score (nSPS) is 17.4. The van der Waals surface area contributed by atoms with Gasteiger partial charge in [-0.25, -0.2) is 13.1 Å². The van der Waals surface area contributed by atoms with Crippen molar-refractivity contribution in [3.8, 4) is 0 Å². The van der Waals surface area contributed by atoms with Crippen LogP contribution in [0.3, 0.4) is 0 Å². The fourth-order valence-corrected chi connectivity index (χ4v) is 5.42. The Hall–Kier alpha value is -0.110. The van der Waals surface area contributed by atoms with Crippen LogP contribution in [-0.4, -0.2) is 14.5 Å². The summed E-state index contributed by atoms with van der Waals surface area (Å²) in [5.74, 6) is 0.670. The number of halogens is 2. The first-order chi connectivity index (χ1) is 8.79. The van der Waals surface area contributed by atoms with Crippen LogP contribution in [0.25, 0.3) is 0 Å². The summed E-state index contributed by atoms with van der Waals surface area (Å²) < 4.78 is 28.6. The van der Waals surface area contributed by atoms with Gasteiger partial charge in [0.05, 0.1) is 5.69 Å². The first-order valence-electron chi connectivity index (χ1n) is 6.06. The maximum Gasteiger partial charge on any atom is 0.243 e. The van der Waals surface area contributed by atoms with E-state index in [2.05, 4.69) is 36.6 Å². The molecule has 1 fully saturated rings. The highest BCUT2D eigenvalue weighted by Gasteiger charge is 2.28. The van der Waals surface area contributed by atoms with E-state index in [1.807, 2.05) is 6.92 Å². The third-order valence-corrected chi connectivity index (χ3v) is 6.10. The zero-order chi connectivity index (χ0) is 14.2. The molecule has 7 heteroatoms. The highest BCUT2D eigenvalue weighted by molar-refractivity contribution is 9.11. The fraction of sp³-hybridized carbons (Fsp3) is 0.500. The van der Waals surface area contributed by atoms with Gasteiger partial charge in [0.25, 0.3) is 0 Å². The molecule has 0 aromatic heterocycles. The van der Waals surface area contributed by atoms with Gasteiger partial charge < -0.3 is 5.73 Å². The molecule has 0 heterocycles. The molecule has 0 radical (unpaired) electrons. The summed E-state index contributed by atoms with van der Waals surface area (Å²) in [5.41, 5.74) is 6.05. The van der Waals surface area contributed by atoms with Crippen LogP contribution in [0, 0.1) is 5.92 Å². The van der Waals surface area contributed by atoms with Crippen molar-refractivity contribution < 1.29 is 8.42 Å². The number of hydrogen-bond donors (Lipinski definition) is 2. The standard InChI is InChI=1S/C12H16Br2N2O2S/c1-7(4-8-2-3-8)16-19(17,18)12-10(14)5-9(13)6-11(12)15/h5-8,16H,2-4,15H2,1H3. The van der Waals surface area contributed by atoms with Crippen molar-refractivity contribution in [2.75, 3.05) is 5.73 Å². The van der Waals surface area contributed by atoms with Crippen LogP contribution in [0.2, 0.25) is 0 Å². The van der Waals surface area contributed by atoms with E-state index < -0.39 is 10.0 Å². The summed E-state index contributed by atoms with van der Waals surface area (Å²) >= 11 is 6.54. The molecule has 1 aliphatic carbocycles. The van der Waals surface area contributed by atoms with Gasteiger partial charge in [0, 0.05) is 15.0 Å². The van der Waals surface area contributed by atoms with Crippen molar-refractivity contribution in [3.63, 3.8) is 0 Å². The van der Waals surface area contributed by atoms with Gasteiger partial charge in [-0.3, -0.25) is 0 Å². The van der Waals surface area contributed by atoms with Crippen LogP contribution in [-0.2, 0) is 10.0 Å². The number of nitrogen functional groups attached to an aromatic ring is 1. The second-order valence-electron chi connectivity index (χ2n) is 5.01. The third kappa shape index (κ3) is 3.93. The van der Waals surface area contributed by atoms with Gasteiger partial charge in [-0.15, -0.1) is 0 Å². The zero-order valence-corrected chi connectivity index (χ0v) is 14.5. The summed E-state index contributed by atoms with van der Waals surface area (Å²) in [6.07, 6.45) is 3.29. The highest BCUT2D eigenvalue weighted by Crippen LogP contribution is 2.35. The van der Waals surface area contributed by atoms with Gasteiger partial charge >= 0.3 is 0 Å². The first-order valence-corrected chi connectivity index (χ1v) is 9.13. The number of nitrogens with one attached hydrogen (secondary N) is 1. The molecule has 1 atom stereocenters.